The first kappa shape index (κ1) is 25.2. The smallest absolute Gasteiger partial charge is 1.00 e. The summed E-state index contributed by atoms with van der Waals surface area (Å²) in [6.45, 7) is 4.28. The molecule has 23 heavy (non-hydrogen) atoms. The van der Waals surface area contributed by atoms with Gasteiger partial charge < -0.3 is 11.6 Å². The van der Waals surface area contributed by atoms with Crippen molar-refractivity contribution in [1.82, 2.24) is 0 Å². The first-order chi connectivity index (χ1) is 10.5. The van der Waals surface area contributed by atoms with E-state index in [0.717, 1.165) is 64.2 Å². The van der Waals surface area contributed by atoms with Crippen LogP contribution in [-0.4, -0.2) is 22.2 Å². The molecule has 0 aliphatic carbocycles. The Kier molecular flexibility index (Phi) is 16.9. The molecule has 0 heterocycles. The van der Waals surface area contributed by atoms with E-state index in [1.165, 1.54) is 0 Å². The summed E-state index contributed by atoms with van der Waals surface area (Å²) in [4.78, 5) is 22.9. The minimum absolute atomic E-state index is 0. The van der Waals surface area contributed by atoms with Crippen molar-refractivity contribution in [1.29, 1.82) is 0 Å². The van der Waals surface area contributed by atoms with Crippen LogP contribution in [0, 0.1) is 5.41 Å². The number of aliphatic carboxylic acids is 2. The van der Waals surface area contributed by atoms with Gasteiger partial charge in [-0.25, -0.2) is 0 Å². The molecular weight excluding hydrogens is 303 g/mol. The van der Waals surface area contributed by atoms with Crippen LogP contribution in [0.3, 0.4) is 0 Å². The minimum Gasteiger partial charge on any atom is -1.00 e. The van der Waals surface area contributed by atoms with E-state index in [9.17, 15) is 14.7 Å². The largest absolute Gasteiger partial charge is 1.00 e. The molecule has 0 aromatic heterocycles. The molecule has 132 valence electrons. The van der Waals surface area contributed by atoms with Crippen LogP contribution in [0.5, 0.6) is 0 Å². The molecule has 0 rings (SSSR count). The fourth-order valence-electron chi connectivity index (χ4n) is 3.01. The van der Waals surface area contributed by atoms with Gasteiger partial charge in [0.1, 0.15) is 0 Å². The van der Waals surface area contributed by atoms with Crippen LogP contribution >= 0.6 is 0 Å². The normalized spacial score (nSPS) is 11.0. The maximum absolute atomic E-state index is 11.7. The summed E-state index contributed by atoms with van der Waals surface area (Å²) in [5, 5.41) is 18.7. The number of carbonyl (C=O) groups is 2. The molecule has 0 aromatic carbocycles. The van der Waals surface area contributed by atoms with Crippen molar-refractivity contribution in [3.05, 3.63) is 0 Å². The van der Waals surface area contributed by atoms with E-state index < -0.39 is 17.4 Å². The number of rotatable bonds is 15. The van der Waals surface area contributed by atoms with Gasteiger partial charge in [0.05, 0.1) is 11.8 Å². The van der Waals surface area contributed by atoms with Gasteiger partial charge in [-0.2, -0.15) is 0 Å². The van der Waals surface area contributed by atoms with Crippen molar-refractivity contribution >= 4 is 11.9 Å². The second-order valence-corrected chi connectivity index (χ2v) is 6.48. The third kappa shape index (κ3) is 12.0. The van der Waals surface area contributed by atoms with Crippen molar-refractivity contribution in [2.75, 3.05) is 0 Å². The van der Waals surface area contributed by atoms with Gasteiger partial charge in [-0.3, -0.25) is 9.59 Å². The van der Waals surface area contributed by atoms with Gasteiger partial charge >= 0.3 is 41.5 Å². The fraction of sp³-hybridized carbons (Fsp3) is 0.889. The average molecular weight is 338 g/mol. The summed E-state index contributed by atoms with van der Waals surface area (Å²) in [6.07, 6.45) is 11.2. The van der Waals surface area contributed by atoms with E-state index >= 15 is 0 Å². The molecule has 0 saturated carbocycles. The van der Waals surface area contributed by atoms with E-state index in [-0.39, 0.29) is 37.4 Å². The van der Waals surface area contributed by atoms with Gasteiger partial charge in [-0.05, 0) is 12.8 Å². The van der Waals surface area contributed by atoms with Gasteiger partial charge in [-0.1, -0.05) is 78.1 Å². The Morgan fingerprint density at radius 1 is 0.783 bits per heavy atom. The maximum atomic E-state index is 11.7. The average Bonchev–Trinajstić information content (AvgIpc) is 2.45. The summed E-state index contributed by atoms with van der Waals surface area (Å²) in [5.74, 6) is -1.93. The molecule has 4 nitrogen and oxygen atoms in total. The Bertz CT molecular complexity index is 310. The first-order valence-electron chi connectivity index (χ1n) is 8.93. The molecule has 0 aromatic rings. The Hall–Kier alpha value is -0.0600. The monoisotopic (exact) mass is 338 g/mol. The van der Waals surface area contributed by atoms with Crippen molar-refractivity contribution in [3.8, 4) is 0 Å². The van der Waals surface area contributed by atoms with E-state index in [1.54, 1.807) is 0 Å². The molecule has 0 spiro atoms. The van der Waals surface area contributed by atoms with Crippen LogP contribution in [0.15, 0.2) is 0 Å². The third-order valence-electron chi connectivity index (χ3n) is 4.46. The first-order valence-corrected chi connectivity index (χ1v) is 8.93. The third-order valence-corrected chi connectivity index (χ3v) is 4.46. The molecule has 0 unspecified atom stereocenters. The molecular formula is C18H35NaO4. The van der Waals surface area contributed by atoms with Gasteiger partial charge in [0.25, 0.3) is 0 Å². The number of unbranched alkanes of at least 4 members (excludes halogenated alkanes) is 8. The van der Waals surface area contributed by atoms with Crippen LogP contribution in [0.4, 0.5) is 0 Å². The number of hydrogen-bond acceptors (Lipinski definition) is 2. The molecule has 5 heteroatoms. The second kappa shape index (κ2) is 15.5. The van der Waals surface area contributed by atoms with E-state index in [1.807, 2.05) is 0 Å². The van der Waals surface area contributed by atoms with E-state index in [2.05, 4.69) is 13.8 Å². The van der Waals surface area contributed by atoms with Crippen molar-refractivity contribution in [2.45, 2.75) is 97.3 Å². The number of carboxylic acid groups (broad SMARTS) is 2. The van der Waals surface area contributed by atoms with E-state index in [0.29, 0.717) is 12.8 Å². The predicted octanol–water partition coefficient (Wildman–Crippen LogP) is 2.37. The van der Waals surface area contributed by atoms with Crippen LogP contribution in [0.2, 0.25) is 0 Å². The standard InChI is InChI=1S/C18H34O4.Na.H/c1-3-5-7-9-11-13-18(17(21)22,15-16(19)20)14-12-10-8-6-4-2;;/h3-15H2,1-2H3,(H,19,20)(H,21,22);;/q;+1;-1. The second-order valence-electron chi connectivity index (χ2n) is 6.48. The van der Waals surface area contributed by atoms with Crippen LogP contribution < -0.4 is 29.6 Å². The van der Waals surface area contributed by atoms with Crippen molar-refractivity contribution in [2.24, 2.45) is 5.41 Å². The molecule has 0 amide bonds. The maximum Gasteiger partial charge on any atom is 1.00 e. The Labute approximate surface area is 165 Å². The van der Waals surface area contributed by atoms with Gasteiger partial charge in [0.15, 0.2) is 0 Å². The van der Waals surface area contributed by atoms with Gasteiger partial charge in [0, 0.05) is 0 Å². The van der Waals surface area contributed by atoms with Crippen LogP contribution in [0.1, 0.15) is 98.7 Å². The van der Waals surface area contributed by atoms with Gasteiger partial charge in [0.2, 0.25) is 0 Å². The molecule has 0 aliphatic rings. The summed E-state index contributed by atoms with van der Waals surface area (Å²) in [5.41, 5.74) is -1.07. The Balaban J connectivity index is -0.00000220. The molecule has 0 bridgehead atoms. The minimum atomic E-state index is -1.07. The molecule has 0 fully saturated rings. The molecule has 0 saturated heterocycles. The Morgan fingerprint density at radius 3 is 1.48 bits per heavy atom. The zero-order valence-corrected chi connectivity index (χ0v) is 17.4. The summed E-state index contributed by atoms with van der Waals surface area (Å²) >= 11 is 0. The zero-order valence-electron chi connectivity index (χ0n) is 16.4. The topological polar surface area (TPSA) is 74.6 Å². The van der Waals surface area contributed by atoms with Crippen LogP contribution in [-0.2, 0) is 9.59 Å². The molecule has 0 radical (unpaired) electrons. The quantitative estimate of drug-likeness (QED) is 0.355. The fourth-order valence-corrected chi connectivity index (χ4v) is 3.01. The van der Waals surface area contributed by atoms with Crippen molar-refractivity contribution < 1.29 is 50.8 Å². The van der Waals surface area contributed by atoms with Crippen molar-refractivity contribution in [3.63, 3.8) is 0 Å². The molecule has 0 atom stereocenters. The SMILES string of the molecule is CCCCCCCC(CCCCCCC)(CC(=O)O)C(=O)O.[H-].[Na+]. The van der Waals surface area contributed by atoms with E-state index in [4.69, 9.17) is 5.11 Å². The van der Waals surface area contributed by atoms with Crippen LogP contribution in [0.25, 0.3) is 0 Å². The zero-order chi connectivity index (χ0) is 16.8. The van der Waals surface area contributed by atoms with Gasteiger partial charge in [-0.15, -0.1) is 0 Å². The molecule has 2 N–H and O–H groups in total. The Morgan fingerprint density at radius 2 is 1.17 bits per heavy atom. The predicted molar refractivity (Wildman–Crippen MR) is 90.2 cm³/mol. The summed E-state index contributed by atoms with van der Waals surface area (Å²) in [6, 6.07) is 0. The number of carboxylic acids is 2. The molecule has 0 aliphatic heterocycles. The summed E-state index contributed by atoms with van der Waals surface area (Å²) in [7, 11) is 0. The summed E-state index contributed by atoms with van der Waals surface area (Å²) < 4.78 is 0. The number of hydrogen-bond donors (Lipinski definition) is 2.